The van der Waals surface area contributed by atoms with Crippen LogP contribution in [0.25, 0.3) is 0 Å². The highest BCUT2D eigenvalue weighted by Crippen LogP contribution is 2.19. The van der Waals surface area contributed by atoms with E-state index in [-0.39, 0.29) is 34.2 Å². The lowest BCUT2D eigenvalue weighted by atomic mass is 10.1. The van der Waals surface area contributed by atoms with E-state index in [1.54, 1.807) is 6.07 Å². The summed E-state index contributed by atoms with van der Waals surface area (Å²) < 4.78 is 13.6. The smallest absolute Gasteiger partial charge is 0.251 e. The normalized spacial score (nSPS) is 10.3. The van der Waals surface area contributed by atoms with Gasteiger partial charge < -0.3 is 11.1 Å². The number of halogens is 2. The summed E-state index contributed by atoms with van der Waals surface area (Å²) in [5.41, 5.74) is 6.82. The molecule has 6 heteroatoms. The summed E-state index contributed by atoms with van der Waals surface area (Å²) in [6.45, 7) is 1.35. The average molecular weight is 321 g/mol. The summed E-state index contributed by atoms with van der Waals surface area (Å²) in [6, 6.07) is 8.70. The molecule has 2 rings (SSSR count). The topological polar surface area (TPSA) is 72.2 Å². The number of nitrogens with one attached hydrogen (secondary N) is 1. The molecule has 0 aliphatic rings. The molecule has 0 bridgehead atoms. The van der Waals surface area contributed by atoms with Gasteiger partial charge in [-0.25, -0.2) is 4.39 Å². The summed E-state index contributed by atoms with van der Waals surface area (Å²) in [4.78, 5) is 23.4. The third-order valence-corrected chi connectivity index (χ3v) is 3.53. The molecule has 114 valence electrons. The fourth-order valence-corrected chi connectivity index (χ4v) is 2.23. The Kier molecular flexibility index (Phi) is 4.78. The number of anilines is 1. The Bertz CT molecular complexity index is 727. The van der Waals surface area contributed by atoms with Crippen molar-refractivity contribution in [2.75, 3.05) is 5.73 Å². The molecule has 0 spiro atoms. The molecular weight excluding hydrogens is 307 g/mol. The highest BCUT2D eigenvalue weighted by atomic mass is 35.5. The lowest BCUT2D eigenvalue weighted by molar-refractivity contribution is 0.0948. The van der Waals surface area contributed by atoms with E-state index < -0.39 is 11.7 Å². The molecule has 0 fully saturated rings. The Balaban J connectivity index is 2.13. The van der Waals surface area contributed by atoms with Crippen LogP contribution in [0.5, 0.6) is 0 Å². The van der Waals surface area contributed by atoms with Gasteiger partial charge in [0.1, 0.15) is 5.82 Å². The first-order valence-electron chi connectivity index (χ1n) is 6.51. The number of hydrogen-bond acceptors (Lipinski definition) is 3. The number of carbonyl (C=O) groups excluding carboxylic acids is 2. The second kappa shape index (κ2) is 6.58. The van der Waals surface area contributed by atoms with Gasteiger partial charge in [-0.05, 0) is 37.3 Å². The first kappa shape index (κ1) is 16.0. The largest absolute Gasteiger partial charge is 0.398 e. The van der Waals surface area contributed by atoms with Crippen molar-refractivity contribution >= 4 is 29.0 Å². The zero-order chi connectivity index (χ0) is 16.3. The van der Waals surface area contributed by atoms with Gasteiger partial charge in [0.15, 0.2) is 5.78 Å². The Labute approximate surface area is 132 Å². The molecule has 4 nitrogen and oxygen atoms in total. The molecule has 0 atom stereocenters. The number of rotatable bonds is 4. The van der Waals surface area contributed by atoms with E-state index in [9.17, 15) is 14.0 Å². The average Bonchev–Trinajstić information content (AvgIpc) is 2.46. The van der Waals surface area contributed by atoms with Crippen LogP contribution in [0.15, 0.2) is 36.4 Å². The molecule has 22 heavy (non-hydrogen) atoms. The maximum absolute atomic E-state index is 13.6. The van der Waals surface area contributed by atoms with Crippen LogP contribution in [0, 0.1) is 5.82 Å². The fourth-order valence-electron chi connectivity index (χ4n) is 2.00. The molecule has 0 saturated carbocycles. The van der Waals surface area contributed by atoms with Crippen LogP contribution in [-0.4, -0.2) is 11.7 Å². The van der Waals surface area contributed by atoms with Crippen molar-refractivity contribution in [3.8, 4) is 0 Å². The lowest BCUT2D eigenvalue weighted by Gasteiger charge is -2.09. The number of amides is 1. The van der Waals surface area contributed by atoms with Gasteiger partial charge >= 0.3 is 0 Å². The van der Waals surface area contributed by atoms with Gasteiger partial charge in [-0.2, -0.15) is 0 Å². The maximum atomic E-state index is 13.6. The van der Waals surface area contributed by atoms with E-state index >= 15 is 0 Å². The highest BCUT2D eigenvalue weighted by Gasteiger charge is 2.12. The first-order chi connectivity index (χ1) is 10.4. The summed E-state index contributed by atoms with van der Waals surface area (Å²) >= 11 is 5.89. The standard InChI is InChI=1S/C16H14ClFN2O2/c1-9(21)11-6-5-10(7-15(11)19)16(22)20-8-12-13(17)3-2-4-14(12)18/h2-7H,8,19H2,1H3,(H,20,22). The second-order valence-electron chi connectivity index (χ2n) is 4.74. The van der Waals surface area contributed by atoms with Crippen molar-refractivity contribution < 1.29 is 14.0 Å². The number of nitrogen functional groups attached to an aromatic ring is 1. The minimum absolute atomic E-state index is 0.0430. The van der Waals surface area contributed by atoms with Gasteiger partial charge in [-0.3, -0.25) is 9.59 Å². The summed E-state index contributed by atoms with van der Waals surface area (Å²) in [7, 11) is 0. The van der Waals surface area contributed by atoms with E-state index in [4.69, 9.17) is 17.3 Å². The molecule has 0 radical (unpaired) electrons. The third-order valence-electron chi connectivity index (χ3n) is 3.18. The molecule has 0 aliphatic heterocycles. The maximum Gasteiger partial charge on any atom is 0.251 e. The zero-order valence-electron chi connectivity index (χ0n) is 11.8. The van der Waals surface area contributed by atoms with Crippen molar-refractivity contribution in [1.82, 2.24) is 5.32 Å². The molecule has 0 saturated heterocycles. The number of Topliss-reactive ketones (excluding diaryl/α,β-unsaturated/α-hetero) is 1. The third kappa shape index (κ3) is 3.43. The number of hydrogen-bond donors (Lipinski definition) is 2. The Hall–Kier alpha value is -2.40. The van der Waals surface area contributed by atoms with Gasteiger partial charge in [0.05, 0.1) is 0 Å². The Morgan fingerprint density at radius 2 is 2.00 bits per heavy atom. The second-order valence-corrected chi connectivity index (χ2v) is 5.15. The Morgan fingerprint density at radius 1 is 1.27 bits per heavy atom. The highest BCUT2D eigenvalue weighted by molar-refractivity contribution is 6.31. The molecule has 0 aromatic heterocycles. The first-order valence-corrected chi connectivity index (χ1v) is 6.89. The minimum Gasteiger partial charge on any atom is -0.398 e. The minimum atomic E-state index is -0.487. The SMILES string of the molecule is CC(=O)c1ccc(C(=O)NCc2c(F)cccc2Cl)cc1N. The predicted molar refractivity (Wildman–Crippen MR) is 83.4 cm³/mol. The van der Waals surface area contributed by atoms with E-state index in [2.05, 4.69) is 5.32 Å². The van der Waals surface area contributed by atoms with Crippen LogP contribution < -0.4 is 11.1 Å². The monoisotopic (exact) mass is 320 g/mol. The molecular formula is C16H14ClFN2O2. The number of nitrogens with two attached hydrogens (primary N) is 1. The van der Waals surface area contributed by atoms with Crippen molar-refractivity contribution in [2.24, 2.45) is 0 Å². The van der Waals surface area contributed by atoms with Crippen molar-refractivity contribution in [1.29, 1.82) is 0 Å². The zero-order valence-corrected chi connectivity index (χ0v) is 12.6. The van der Waals surface area contributed by atoms with Gasteiger partial charge in [-0.1, -0.05) is 17.7 Å². The van der Waals surface area contributed by atoms with Crippen molar-refractivity contribution in [3.05, 3.63) is 63.9 Å². The number of benzene rings is 2. The van der Waals surface area contributed by atoms with Crippen LogP contribution in [0.2, 0.25) is 5.02 Å². The quantitative estimate of drug-likeness (QED) is 0.671. The molecule has 0 aliphatic carbocycles. The summed E-state index contributed by atoms with van der Waals surface area (Å²) in [5.74, 6) is -1.09. The summed E-state index contributed by atoms with van der Waals surface area (Å²) in [6.07, 6.45) is 0. The van der Waals surface area contributed by atoms with E-state index in [0.717, 1.165) is 0 Å². The molecule has 0 heterocycles. The fraction of sp³-hybridized carbons (Fsp3) is 0.125. The van der Waals surface area contributed by atoms with Gasteiger partial charge in [-0.15, -0.1) is 0 Å². The van der Waals surface area contributed by atoms with Crippen LogP contribution in [0.1, 0.15) is 33.2 Å². The molecule has 2 aromatic carbocycles. The number of carbonyl (C=O) groups is 2. The van der Waals surface area contributed by atoms with E-state index in [1.807, 2.05) is 0 Å². The van der Waals surface area contributed by atoms with Gasteiger partial charge in [0, 0.05) is 33.9 Å². The lowest BCUT2D eigenvalue weighted by Crippen LogP contribution is -2.23. The van der Waals surface area contributed by atoms with Crippen LogP contribution in [0.4, 0.5) is 10.1 Å². The molecule has 2 aromatic rings. The van der Waals surface area contributed by atoms with Crippen LogP contribution in [0.3, 0.4) is 0 Å². The van der Waals surface area contributed by atoms with Gasteiger partial charge in [0.2, 0.25) is 0 Å². The van der Waals surface area contributed by atoms with Crippen LogP contribution >= 0.6 is 11.6 Å². The molecule has 0 unspecified atom stereocenters. The Morgan fingerprint density at radius 3 is 2.59 bits per heavy atom. The number of ketones is 1. The van der Waals surface area contributed by atoms with Crippen molar-refractivity contribution in [2.45, 2.75) is 13.5 Å². The van der Waals surface area contributed by atoms with Crippen molar-refractivity contribution in [3.63, 3.8) is 0 Å². The molecule has 1 amide bonds. The van der Waals surface area contributed by atoms with Gasteiger partial charge in [0.25, 0.3) is 5.91 Å². The predicted octanol–water partition coefficient (Wildman–Crippen LogP) is 3.19. The van der Waals surface area contributed by atoms with Crippen LogP contribution in [-0.2, 0) is 6.54 Å². The summed E-state index contributed by atoms with van der Waals surface area (Å²) in [5, 5.41) is 2.81. The van der Waals surface area contributed by atoms with E-state index in [1.165, 1.54) is 37.3 Å². The molecule has 3 N–H and O–H groups in total. The van der Waals surface area contributed by atoms with E-state index in [0.29, 0.717) is 5.56 Å².